The molecule has 1 aliphatic rings. The lowest BCUT2D eigenvalue weighted by Gasteiger charge is -2.32. The number of ether oxygens (including phenoxy) is 1. The highest BCUT2D eigenvalue weighted by atomic mass is 16.5. The second-order valence-corrected chi connectivity index (χ2v) is 4.84. The summed E-state index contributed by atoms with van der Waals surface area (Å²) in [7, 11) is 0. The van der Waals surface area contributed by atoms with E-state index in [0.717, 1.165) is 31.4 Å². The number of hydrogen-bond donors (Lipinski definition) is 0. The van der Waals surface area contributed by atoms with E-state index in [1.807, 2.05) is 24.7 Å². The Bertz CT molecular complexity index is 392. The molecule has 1 aromatic heterocycles. The molecule has 1 aliphatic heterocycles. The lowest BCUT2D eigenvalue weighted by Crippen LogP contribution is -2.42. The van der Waals surface area contributed by atoms with Crippen molar-refractivity contribution in [1.82, 2.24) is 9.78 Å². The Morgan fingerprint density at radius 2 is 2.41 bits per heavy atom. The van der Waals surface area contributed by atoms with Crippen LogP contribution in [0.1, 0.15) is 38.7 Å². The Morgan fingerprint density at radius 1 is 1.59 bits per heavy atom. The van der Waals surface area contributed by atoms with Gasteiger partial charge in [0.25, 0.3) is 0 Å². The van der Waals surface area contributed by atoms with Gasteiger partial charge in [0, 0.05) is 25.8 Å². The van der Waals surface area contributed by atoms with Gasteiger partial charge in [-0.05, 0) is 38.7 Å². The quantitative estimate of drug-likeness (QED) is 0.803. The molecule has 1 saturated heterocycles. The highest BCUT2D eigenvalue weighted by Crippen LogP contribution is 2.26. The van der Waals surface area contributed by atoms with E-state index in [9.17, 15) is 4.79 Å². The van der Waals surface area contributed by atoms with Crippen molar-refractivity contribution in [2.24, 2.45) is 0 Å². The van der Waals surface area contributed by atoms with E-state index in [4.69, 9.17) is 4.74 Å². The third-order valence-electron chi connectivity index (χ3n) is 3.43. The fourth-order valence-electron chi connectivity index (χ4n) is 2.20. The van der Waals surface area contributed by atoms with E-state index in [-0.39, 0.29) is 5.78 Å². The van der Waals surface area contributed by atoms with E-state index in [1.165, 1.54) is 0 Å². The first-order valence-corrected chi connectivity index (χ1v) is 6.32. The Labute approximate surface area is 102 Å². The number of aryl methyl sites for hydroxylation is 1. The van der Waals surface area contributed by atoms with E-state index >= 15 is 0 Å². The van der Waals surface area contributed by atoms with Crippen molar-refractivity contribution >= 4 is 5.78 Å². The molecule has 1 aromatic rings. The Kier molecular flexibility index (Phi) is 3.62. The number of aromatic nitrogens is 2. The predicted molar refractivity (Wildman–Crippen MR) is 64.8 cm³/mol. The van der Waals surface area contributed by atoms with Gasteiger partial charge in [-0.25, -0.2) is 0 Å². The topological polar surface area (TPSA) is 44.1 Å². The van der Waals surface area contributed by atoms with Crippen LogP contribution >= 0.6 is 0 Å². The molecule has 1 atom stereocenters. The van der Waals surface area contributed by atoms with Gasteiger partial charge in [0.05, 0.1) is 6.20 Å². The second kappa shape index (κ2) is 5.00. The van der Waals surface area contributed by atoms with E-state index in [0.29, 0.717) is 13.0 Å². The molecule has 0 spiro atoms. The van der Waals surface area contributed by atoms with Crippen LogP contribution in [0.15, 0.2) is 12.4 Å². The first-order chi connectivity index (χ1) is 8.14. The average molecular weight is 236 g/mol. The van der Waals surface area contributed by atoms with Crippen LogP contribution in [0.2, 0.25) is 0 Å². The molecule has 0 aliphatic carbocycles. The minimum absolute atomic E-state index is 0.174. The Morgan fingerprint density at radius 3 is 3.00 bits per heavy atom. The van der Waals surface area contributed by atoms with Gasteiger partial charge in [0.15, 0.2) is 5.78 Å². The van der Waals surface area contributed by atoms with E-state index in [2.05, 4.69) is 5.10 Å². The molecule has 0 N–H and O–H groups in total. The predicted octanol–water partition coefficient (Wildman–Crippen LogP) is 1.97. The summed E-state index contributed by atoms with van der Waals surface area (Å²) < 4.78 is 7.50. The van der Waals surface area contributed by atoms with Crippen LogP contribution in [0, 0.1) is 0 Å². The fraction of sp³-hybridized carbons (Fsp3) is 0.692. The first kappa shape index (κ1) is 12.3. The highest BCUT2D eigenvalue weighted by Gasteiger charge is 2.35. The summed E-state index contributed by atoms with van der Waals surface area (Å²) in [6, 6.07) is 0. The van der Waals surface area contributed by atoms with Crippen LogP contribution in [-0.4, -0.2) is 27.8 Å². The van der Waals surface area contributed by atoms with E-state index < -0.39 is 5.60 Å². The maximum absolute atomic E-state index is 12.2. The summed E-state index contributed by atoms with van der Waals surface area (Å²) in [5.41, 5.74) is 0.402. The summed E-state index contributed by atoms with van der Waals surface area (Å²) >= 11 is 0. The molecule has 0 aromatic carbocycles. The number of Topliss-reactive ketones (excluding diaryl/α,β-unsaturated/α-hetero) is 1. The van der Waals surface area contributed by atoms with Crippen molar-refractivity contribution in [1.29, 1.82) is 0 Å². The number of ketones is 1. The summed E-state index contributed by atoms with van der Waals surface area (Å²) in [5, 5.41) is 4.18. The second-order valence-electron chi connectivity index (χ2n) is 4.84. The minimum atomic E-state index is -0.577. The monoisotopic (exact) mass is 236 g/mol. The van der Waals surface area contributed by atoms with Crippen LogP contribution in [0.3, 0.4) is 0 Å². The highest BCUT2D eigenvalue weighted by molar-refractivity contribution is 5.88. The Balaban J connectivity index is 2.00. The van der Waals surface area contributed by atoms with Gasteiger partial charge in [0.2, 0.25) is 0 Å². The molecular formula is C13H20N2O2. The molecular weight excluding hydrogens is 216 g/mol. The van der Waals surface area contributed by atoms with Crippen molar-refractivity contribution in [3.8, 4) is 0 Å². The first-order valence-electron chi connectivity index (χ1n) is 6.32. The van der Waals surface area contributed by atoms with Gasteiger partial charge in [-0.15, -0.1) is 0 Å². The molecule has 2 rings (SSSR count). The third-order valence-corrected chi connectivity index (χ3v) is 3.43. The third kappa shape index (κ3) is 2.75. The molecule has 4 heteroatoms. The van der Waals surface area contributed by atoms with E-state index in [1.54, 1.807) is 6.20 Å². The maximum atomic E-state index is 12.2. The zero-order valence-corrected chi connectivity index (χ0v) is 10.6. The maximum Gasteiger partial charge on any atom is 0.168 e. The lowest BCUT2D eigenvalue weighted by atomic mass is 9.89. The molecule has 0 radical (unpaired) electrons. The van der Waals surface area contributed by atoms with Crippen LogP contribution < -0.4 is 0 Å². The fourth-order valence-corrected chi connectivity index (χ4v) is 2.20. The van der Waals surface area contributed by atoms with Crippen LogP contribution in [-0.2, 0) is 22.5 Å². The van der Waals surface area contributed by atoms with Crippen LogP contribution in [0.5, 0.6) is 0 Å². The molecule has 17 heavy (non-hydrogen) atoms. The van der Waals surface area contributed by atoms with Crippen molar-refractivity contribution in [2.75, 3.05) is 6.61 Å². The summed E-state index contributed by atoms with van der Waals surface area (Å²) in [4.78, 5) is 12.2. The van der Waals surface area contributed by atoms with Crippen molar-refractivity contribution in [3.05, 3.63) is 18.0 Å². The molecule has 1 fully saturated rings. The standard InChI is InChI=1S/C13H20N2O2/c1-3-15-10-11(9-14-15)8-12(16)13(2)6-4-5-7-17-13/h9-10H,3-8H2,1-2H3. The lowest BCUT2D eigenvalue weighted by molar-refractivity contribution is -0.147. The molecule has 94 valence electrons. The number of hydrogen-bond acceptors (Lipinski definition) is 3. The average Bonchev–Trinajstić information content (AvgIpc) is 2.78. The van der Waals surface area contributed by atoms with Crippen molar-refractivity contribution in [3.63, 3.8) is 0 Å². The van der Waals surface area contributed by atoms with Crippen LogP contribution in [0.25, 0.3) is 0 Å². The van der Waals surface area contributed by atoms with Gasteiger partial charge >= 0.3 is 0 Å². The summed E-state index contributed by atoms with van der Waals surface area (Å²) in [5.74, 6) is 0.174. The molecule has 0 amide bonds. The van der Waals surface area contributed by atoms with Gasteiger partial charge in [-0.1, -0.05) is 0 Å². The number of carbonyl (C=O) groups excluding carboxylic acids is 1. The van der Waals surface area contributed by atoms with Crippen molar-refractivity contribution in [2.45, 2.75) is 51.7 Å². The molecule has 0 saturated carbocycles. The van der Waals surface area contributed by atoms with Crippen molar-refractivity contribution < 1.29 is 9.53 Å². The summed E-state index contributed by atoms with van der Waals surface area (Å²) in [6.07, 6.45) is 7.12. The van der Waals surface area contributed by atoms with Gasteiger partial charge in [-0.3, -0.25) is 9.48 Å². The minimum Gasteiger partial charge on any atom is -0.367 e. The molecule has 2 heterocycles. The zero-order valence-electron chi connectivity index (χ0n) is 10.6. The number of rotatable bonds is 4. The van der Waals surface area contributed by atoms with Crippen LogP contribution in [0.4, 0.5) is 0 Å². The molecule has 1 unspecified atom stereocenters. The van der Waals surface area contributed by atoms with Gasteiger partial charge in [-0.2, -0.15) is 5.10 Å². The van der Waals surface area contributed by atoms with Gasteiger partial charge < -0.3 is 4.74 Å². The smallest absolute Gasteiger partial charge is 0.168 e. The number of carbonyl (C=O) groups is 1. The summed E-state index contributed by atoms with van der Waals surface area (Å²) in [6.45, 7) is 5.49. The molecule has 0 bridgehead atoms. The zero-order chi connectivity index (χ0) is 12.3. The Hall–Kier alpha value is -1.16. The number of nitrogens with zero attached hydrogens (tertiary/aromatic N) is 2. The largest absolute Gasteiger partial charge is 0.367 e. The van der Waals surface area contributed by atoms with Gasteiger partial charge in [0.1, 0.15) is 5.60 Å². The SMILES string of the molecule is CCn1cc(CC(=O)C2(C)CCCCO2)cn1. The normalized spacial score (nSPS) is 24.8. The molecule has 4 nitrogen and oxygen atoms in total.